The number of benzene rings is 1. The molecule has 0 aliphatic rings. The average molecular weight is 285 g/mol. The first-order chi connectivity index (χ1) is 8.99. The molecule has 108 valence electrons. The van der Waals surface area contributed by atoms with Gasteiger partial charge in [0.05, 0.1) is 5.75 Å². The summed E-state index contributed by atoms with van der Waals surface area (Å²) in [5.41, 5.74) is 0.376. The fourth-order valence-corrected chi connectivity index (χ4v) is 3.21. The fourth-order valence-electron chi connectivity index (χ4n) is 2.07. The van der Waals surface area contributed by atoms with Crippen molar-refractivity contribution < 1.29 is 13.2 Å². The Morgan fingerprint density at radius 1 is 1.21 bits per heavy atom. The Labute approximate surface area is 116 Å². The van der Waals surface area contributed by atoms with Crippen LogP contribution in [-0.4, -0.2) is 27.8 Å². The quantitative estimate of drug-likeness (QED) is 0.797. The van der Waals surface area contributed by atoms with Gasteiger partial charge in [0, 0.05) is 13.7 Å². The summed E-state index contributed by atoms with van der Waals surface area (Å²) < 4.78 is 31.8. The average Bonchev–Trinajstić information content (AvgIpc) is 2.41. The van der Waals surface area contributed by atoms with Gasteiger partial charge >= 0.3 is 0 Å². The normalized spacial score (nSPS) is 15.1. The van der Waals surface area contributed by atoms with Crippen LogP contribution in [0.2, 0.25) is 0 Å². The van der Waals surface area contributed by atoms with E-state index >= 15 is 0 Å². The van der Waals surface area contributed by atoms with Crippen LogP contribution in [0.15, 0.2) is 30.3 Å². The highest BCUT2D eigenvalue weighted by atomic mass is 32.2. The second-order valence-corrected chi connectivity index (χ2v) is 6.48. The molecule has 0 amide bonds. The Balaban J connectivity index is 2.90. The molecule has 1 aromatic carbocycles. The van der Waals surface area contributed by atoms with Gasteiger partial charge < -0.3 is 4.74 Å². The minimum absolute atomic E-state index is 0.144. The van der Waals surface area contributed by atoms with Gasteiger partial charge in [-0.1, -0.05) is 44.2 Å². The van der Waals surface area contributed by atoms with E-state index in [9.17, 15) is 8.42 Å². The van der Waals surface area contributed by atoms with E-state index in [-0.39, 0.29) is 12.3 Å². The van der Waals surface area contributed by atoms with Crippen molar-refractivity contribution in [1.29, 1.82) is 0 Å². The zero-order valence-corrected chi connectivity index (χ0v) is 12.7. The first kappa shape index (κ1) is 16.1. The van der Waals surface area contributed by atoms with Crippen LogP contribution in [0.5, 0.6) is 0 Å². The van der Waals surface area contributed by atoms with Crippen LogP contribution >= 0.6 is 0 Å². The third-order valence-electron chi connectivity index (χ3n) is 3.31. The summed E-state index contributed by atoms with van der Waals surface area (Å²) in [5, 5.41) is 0. The summed E-state index contributed by atoms with van der Waals surface area (Å²) >= 11 is 0. The Morgan fingerprint density at radius 3 is 2.32 bits per heavy atom. The molecular formula is C14H23NO3S. The number of methoxy groups -OCH3 is 1. The Bertz CT molecular complexity index is 467. The Hall–Kier alpha value is -0.910. The molecule has 0 fully saturated rings. The van der Waals surface area contributed by atoms with Gasteiger partial charge in [-0.25, -0.2) is 13.1 Å². The summed E-state index contributed by atoms with van der Waals surface area (Å²) in [7, 11) is -1.61. The van der Waals surface area contributed by atoms with Gasteiger partial charge in [0.15, 0.2) is 0 Å². The van der Waals surface area contributed by atoms with E-state index in [1.807, 2.05) is 44.2 Å². The number of nitrogens with one attached hydrogen (secondary N) is 1. The van der Waals surface area contributed by atoms with E-state index in [2.05, 4.69) is 4.72 Å². The summed E-state index contributed by atoms with van der Waals surface area (Å²) in [4.78, 5) is 0. The second kappa shape index (κ2) is 7.03. The van der Waals surface area contributed by atoms with Crippen molar-refractivity contribution in [2.75, 3.05) is 19.4 Å². The molecule has 0 radical (unpaired) electrons. The van der Waals surface area contributed by atoms with Gasteiger partial charge in [-0.3, -0.25) is 0 Å². The maximum Gasteiger partial charge on any atom is 0.211 e. The van der Waals surface area contributed by atoms with Crippen molar-refractivity contribution in [3.63, 3.8) is 0 Å². The number of rotatable bonds is 8. The molecule has 0 heterocycles. The van der Waals surface area contributed by atoms with Gasteiger partial charge in [-0.2, -0.15) is 0 Å². The van der Waals surface area contributed by atoms with Crippen molar-refractivity contribution in [3.05, 3.63) is 35.9 Å². The van der Waals surface area contributed by atoms with Gasteiger partial charge in [0.2, 0.25) is 10.0 Å². The maximum atomic E-state index is 11.8. The molecule has 0 bridgehead atoms. The number of hydrogen-bond acceptors (Lipinski definition) is 3. The topological polar surface area (TPSA) is 55.4 Å². The zero-order valence-electron chi connectivity index (χ0n) is 11.8. The molecule has 19 heavy (non-hydrogen) atoms. The molecule has 1 unspecified atom stereocenters. The largest absolute Gasteiger partial charge is 0.372 e. The third-order valence-corrected chi connectivity index (χ3v) is 4.84. The highest BCUT2D eigenvalue weighted by Gasteiger charge is 2.31. The van der Waals surface area contributed by atoms with E-state index in [1.54, 1.807) is 7.11 Å². The highest BCUT2D eigenvalue weighted by molar-refractivity contribution is 7.89. The molecule has 0 spiro atoms. The Morgan fingerprint density at radius 2 is 1.84 bits per heavy atom. The molecule has 1 N–H and O–H groups in total. The van der Waals surface area contributed by atoms with E-state index in [0.717, 1.165) is 5.56 Å². The summed E-state index contributed by atoms with van der Waals surface area (Å²) in [6.45, 7) is 4.09. The van der Waals surface area contributed by atoms with Crippen LogP contribution in [0.4, 0.5) is 0 Å². The van der Waals surface area contributed by atoms with Gasteiger partial charge in [0.25, 0.3) is 0 Å². The lowest BCUT2D eigenvalue weighted by Gasteiger charge is -2.32. The van der Waals surface area contributed by atoms with Crippen LogP contribution in [-0.2, 0) is 20.4 Å². The van der Waals surface area contributed by atoms with Crippen LogP contribution in [0.25, 0.3) is 0 Å². The molecular weight excluding hydrogens is 262 g/mol. The second-order valence-electron chi connectivity index (χ2n) is 4.56. The van der Waals surface area contributed by atoms with E-state index in [0.29, 0.717) is 12.8 Å². The lowest BCUT2D eigenvalue weighted by molar-refractivity contribution is -0.0133. The van der Waals surface area contributed by atoms with Gasteiger partial charge in [0.1, 0.15) is 5.60 Å². The van der Waals surface area contributed by atoms with Crippen LogP contribution < -0.4 is 4.72 Å². The van der Waals surface area contributed by atoms with Crippen molar-refractivity contribution in [2.24, 2.45) is 0 Å². The first-order valence-corrected chi connectivity index (χ1v) is 8.23. The lowest BCUT2D eigenvalue weighted by atomic mass is 9.91. The molecule has 0 aromatic heterocycles. The molecule has 0 aliphatic heterocycles. The number of sulfonamides is 1. The molecule has 0 saturated carbocycles. The monoisotopic (exact) mass is 285 g/mol. The third kappa shape index (κ3) is 4.30. The van der Waals surface area contributed by atoms with E-state index < -0.39 is 15.6 Å². The first-order valence-electron chi connectivity index (χ1n) is 6.57. The molecule has 0 aliphatic carbocycles. The van der Waals surface area contributed by atoms with Crippen LogP contribution in [0, 0.1) is 0 Å². The van der Waals surface area contributed by atoms with E-state index in [4.69, 9.17) is 4.74 Å². The number of ether oxygens (including phenoxy) is 1. The minimum Gasteiger partial charge on any atom is -0.372 e. The number of hydrogen-bond donors (Lipinski definition) is 1. The van der Waals surface area contributed by atoms with Crippen molar-refractivity contribution >= 4 is 10.0 Å². The van der Waals surface area contributed by atoms with Gasteiger partial charge in [-0.05, 0) is 18.4 Å². The summed E-state index contributed by atoms with van der Waals surface area (Å²) in [6, 6.07) is 9.71. The zero-order chi connectivity index (χ0) is 14.4. The van der Waals surface area contributed by atoms with Crippen LogP contribution in [0.3, 0.4) is 0 Å². The van der Waals surface area contributed by atoms with Crippen molar-refractivity contribution in [1.82, 2.24) is 4.72 Å². The Kier molecular flexibility index (Phi) is 5.97. The SMILES string of the molecule is CCCS(=O)(=O)NCC(CC)(OC)c1ccccc1. The van der Waals surface area contributed by atoms with Crippen LogP contribution in [0.1, 0.15) is 32.3 Å². The summed E-state index contributed by atoms with van der Waals surface area (Å²) in [6.07, 6.45) is 1.30. The smallest absolute Gasteiger partial charge is 0.211 e. The minimum atomic E-state index is -3.22. The predicted octanol–water partition coefficient (Wildman–Crippen LogP) is 2.27. The molecule has 1 atom stereocenters. The van der Waals surface area contributed by atoms with Crippen molar-refractivity contribution in [2.45, 2.75) is 32.3 Å². The molecule has 4 nitrogen and oxygen atoms in total. The molecule has 1 aromatic rings. The van der Waals surface area contributed by atoms with Crippen molar-refractivity contribution in [3.8, 4) is 0 Å². The standard InChI is InChI=1S/C14H23NO3S/c1-4-11-19(16,17)15-12-14(5-2,18-3)13-9-7-6-8-10-13/h6-10,15H,4-5,11-12H2,1-3H3. The molecule has 0 saturated heterocycles. The lowest BCUT2D eigenvalue weighted by Crippen LogP contribution is -2.42. The fraction of sp³-hybridized carbons (Fsp3) is 0.571. The highest BCUT2D eigenvalue weighted by Crippen LogP contribution is 2.28. The molecule has 1 rings (SSSR count). The predicted molar refractivity (Wildman–Crippen MR) is 77.5 cm³/mol. The van der Waals surface area contributed by atoms with Gasteiger partial charge in [-0.15, -0.1) is 0 Å². The van der Waals surface area contributed by atoms with E-state index in [1.165, 1.54) is 0 Å². The molecule has 5 heteroatoms. The maximum absolute atomic E-state index is 11.8. The summed E-state index contributed by atoms with van der Waals surface area (Å²) in [5.74, 6) is 0.144.